The van der Waals surface area contributed by atoms with Crippen LogP contribution in [-0.4, -0.2) is 50.2 Å². The number of rotatable bonds is 9. The number of aromatic nitrogens is 2. The number of fused-ring (bicyclic) bond motifs is 1. The smallest absolute Gasteiger partial charge is 0.339 e. The number of esters is 1. The highest BCUT2D eigenvalue weighted by Crippen LogP contribution is 2.32. The number of aliphatic carboxylic acids is 1. The van der Waals surface area contributed by atoms with Gasteiger partial charge in [0, 0.05) is 32.5 Å². The molecule has 0 radical (unpaired) electrons. The molecule has 200 valence electrons. The van der Waals surface area contributed by atoms with Crippen LogP contribution in [0.4, 0.5) is 0 Å². The van der Waals surface area contributed by atoms with Gasteiger partial charge in [0.1, 0.15) is 11.4 Å². The zero-order chi connectivity index (χ0) is 27.4. The van der Waals surface area contributed by atoms with E-state index in [4.69, 9.17) is 9.72 Å². The zero-order valence-corrected chi connectivity index (χ0v) is 22.7. The van der Waals surface area contributed by atoms with Gasteiger partial charge in [-0.1, -0.05) is 55.5 Å². The Balaban J connectivity index is 1.67. The number of carboxylic acids is 1. The van der Waals surface area contributed by atoms with E-state index in [2.05, 4.69) is 18.1 Å². The van der Waals surface area contributed by atoms with Crippen LogP contribution in [0, 0.1) is 0 Å². The summed E-state index contributed by atoms with van der Waals surface area (Å²) in [7, 11) is 0. The number of carboxylic acid groups (broad SMARTS) is 1. The molecule has 1 unspecified atom stereocenters. The lowest BCUT2D eigenvalue weighted by Gasteiger charge is -2.33. The molecule has 1 aromatic heterocycles. The van der Waals surface area contributed by atoms with Crippen LogP contribution < -0.4 is 0 Å². The van der Waals surface area contributed by atoms with E-state index in [-0.39, 0.29) is 5.97 Å². The summed E-state index contributed by atoms with van der Waals surface area (Å²) < 4.78 is 7.71. The first kappa shape index (κ1) is 27.3. The maximum atomic E-state index is 12.8. The van der Waals surface area contributed by atoms with E-state index in [9.17, 15) is 14.7 Å². The molecule has 2 heterocycles. The van der Waals surface area contributed by atoms with Gasteiger partial charge in [0.25, 0.3) is 0 Å². The minimum absolute atomic E-state index is 0.352. The third-order valence-electron chi connectivity index (χ3n) is 6.64. The summed E-state index contributed by atoms with van der Waals surface area (Å²) in [5.74, 6) is -0.301. The molecule has 0 fully saturated rings. The first-order chi connectivity index (χ1) is 18.1. The van der Waals surface area contributed by atoms with E-state index >= 15 is 0 Å². The number of benzene rings is 2. The third-order valence-corrected chi connectivity index (χ3v) is 6.64. The monoisotopic (exact) mass is 515 g/mol. The topological polar surface area (TPSA) is 84.7 Å². The van der Waals surface area contributed by atoms with Crippen LogP contribution in [0.25, 0.3) is 11.1 Å². The van der Waals surface area contributed by atoms with E-state index in [0.29, 0.717) is 25.2 Å². The van der Waals surface area contributed by atoms with E-state index in [1.165, 1.54) is 0 Å². The van der Waals surface area contributed by atoms with Gasteiger partial charge in [0.05, 0.1) is 17.0 Å². The maximum absolute atomic E-state index is 12.8. The number of carbonyl (C=O) groups is 2. The molecule has 0 amide bonds. The summed E-state index contributed by atoms with van der Waals surface area (Å²) in [6.07, 6.45) is 4.17. The number of carbonyl (C=O) groups excluding carboxylic acids is 1. The highest BCUT2D eigenvalue weighted by molar-refractivity contribution is 5.97. The Bertz CT molecular complexity index is 1320. The third kappa shape index (κ3) is 5.89. The molecule has 2 aromatic carbocycles. The molecule has 0 bridgehead atoms. The Morgan fingerprint density at radius 3 is 2.50 bits per heavy atom. The summed E-state index contributed by atoms with van der Waals surface area (Å²) in [6, 6.07) is 14.8. The van der Waals surface area contributed by atoms with Crippen LogP contribution in [-0.2, 0) is 28.9 Å². The summed E-state index contributed by atoms with van der Waals surface area (Å²) in [4.78, 5) is 32.1. The quantitative estimate of drug-likeness (QED) is 0.292. The molecule has 1 N–H and O–H groups in total. The van der Waals surface area contributed by atoms with Crippen LogP contribution >= 0.6 is 0 Å². The highest BCUT2D eigenvalue weighted by Gasteiger charge is 2.37. The van der Waals surface area contributed by atoms with Gasteiger partial charge < -0.3 is 14.4 Å². The van der Waals surface area contributed by atoms with E-state index in [1.54, 1.807) is 12.1 Å². The van der Waals surface area contributed by atoms with E-state index in [0.717, 1.165) is 53.2 Å². The second-order valence-corrected chi connectivity index (χ2v) is 10.7. The fourth-order valence-corrected chi connectivity index (χ4v) is 5.05. The van der Waals surface area contributed by atoms with E-state index < -0.39 is 17.6 Å². The lowest BCUT2D eigenvalue weighted by atomic mass is 9.98. The molecule has 7 heteroatoms. The van der Waals surface area contributed by atoms with Crippen LogP contribution in [0.5, 0.6) is 0 Å². The number of imidazole rings is 1. The van der Waals surface area contributed by atoms with E-state index in [1.807, 2.05) is 68.1 Å². The molecule has 7 nitrogen and oxygen atoms in total. The highest BCUT2D eigenvalue weighted by atomic mass is 16.6. The summed E-state index contributed by atoms with van der Waals surface area (Å²) in [6.45, 7) is 13.2. The van der Waals surface area contributed by atoms with Gasteiger partial charge in [-0.25, -0.2) is 9.78 Å². The van der Waals surface area contributed by atoms with Crippen LogP contribution in [0.1, 0.15) is 73.3 Å². The van der Waals surface area contributed by atoms with Crippen molar-refractivity contribution >= 4 is 11.9 Å². The Kier molecular flexibility index (Phi) is 8.17. The average Bonchev–Trinajstić information content (AvgIpc) is 3.20. The lowest BCUT2D eigenvalue weighted by molar-refractivity contribution is -0.144. The van der Waals surface area contributed by atoms with Gasteiger partial charge in [-0.2, -0.15) is 0 Å². The predicted molar refractivity (Wildman–Crippen MR) is 148 cm³/mol. The summed E-state index contributed by atoms with van der Waals surface area (Å²) >= 11 is 0. The van der Waals surface area contributed by atoms with Gasteiger partial charge in [-0.15, -0.1) is 6.58 Å². The fraction of sp³-hybridized carbons (Fsp3) is 0.387. The Hall–Kier alpha value is -3.71. The molecule has 0 saturated heterocycles. The SMILES string of the molecule is C=CCN1CCc2nc(CCC)n(Cc3ccc(-c4ccccc4C(=O)OC(C)(C)C)cc3)c2C1C(=O)O. The molecule has 38 heavy (non-hydrogen) atoms. The number of hydrogen-bond acceptors (Lipinski definition) is 5. The first-order valence-electron chi connectivity index (χ1n) is 13.2. The van der Waals surface area contributed by atoms with Crippen molar-refractivity contribution in [2.45, 2.75) is 65.1 Å². The molecular formula is C31H37N3O4. The van der Waals surface area contributed by atoms with Crippen molar-refractivity contribution in [1.29, 1.82) is 0 Å². The van der Waals surface area contributed by atoms with Gasteiger partial charge in [0.15, 0.2) is 6.04 Å². The second-order valence-electron chi connectivity index (χ2n) is 10.7. The van der Waals surface area contributed by atoms with Crippen LogP contribution in [0.15, 0.2) is 61.2 Å². The zero-order valence-electron chi connectivity index (χ0n) is 22.7. The molecule has 1 aliphatic heterocycles. The van der Waals surface area contributed by atoms with Crippen LogP contribution in [0.3, 0.4) is 0 Å². The van der Waals surface area contributed by atoms with Gasteiger partial charge in [0.2, 0.25) is 0 Å². The molecule has 1 aliphatic rings. The van der Waals surface area contributed by atoms with Crippen molar-refractivity contribution < 1.29 is 19.4 Å². The Morgan fingerprint density at radius 2 is 1.87 bits per heavy atom. The molecule has 0 aliphatic carbocycles. The molecule has 0 saturated carbocycles. The number of ether oxygens (including phenoxy) is 1. The van der Waals surface area contributed by atoms with Crippen molar-refractivity contribution in [2.75, 3.05) is 13.1 Å². The predicted octanol–water partition coefficient (Wildman–Crippen LogP) is 5.68. The first-order valence-corrected chi connectivity index (χ1v) is 13.2. The second kappa shape index (κ2) is 11.4. The van der Waals surface area contributed by atoms with Gasteiger partial charge in [-0.05, 0) is 49.9 Å². The molecule has 0 spiro atoms. The Morgan fingerprint density at radius 1 is 1.16 bits per heavy atom. The molecular weight excluding hydrogens is 478 g/mol. The lowest BCUT2D eigenvalue weighted by Crippen LogP contribution is -2.41. The largest absolute Gasteiger partial charge is 0.480 e. The van der Waals surface area contributed by atoms with Crippen molar-refractivity contribution in [3.8, 4) is 11.1 Å². The van der Waals surface area contributed by atoms with Crippen molar-refractivity contribution in [1.82, 2.24) is 14.5 Å². The van der Waals surface area contributed by atoms with Gasteiger partial charge >= 0.3 is 11.9 Å². The van der Waals surface area contributed by atoms with Gasteiger partial charge in [-0.3, -0.25) is 9.69 Å². The molecule has 4 rings (SSSR count). The van der Waals surface area contributed by atoms with Crippen molar-refractivity contribution in [3.05, 3.63) is 89.5 Å². The standard InChI is InChI=1S/C31H37N3O4/c1-6-10-26-32-25-17-19-33(18-7-2)28(29(35)36)27(25)34(26)20-21-13-15-22(16-14-21)23-11-8-9-12-24(23)30(37)38-31(3,4)5/h7-9,11-16,28H,2,6,10,17-20H2,1,3-5H3,(H,35,36). The minimum atomic E-state index is -0.869. The average molecular weight is 516 g/mol. The normalized spacial score (nSPS) is 15.6. The van der Waals surface area contributed by atoms with Crippen molar-refractivity contribution in [3.63, 3.8) is 0 Å². The molecule has 1 atom stereocenters. The summed E-state index contributed by atoms with van der Waals surface area (Å²) in [5, 5.41) is 10.2. The molecule has 3 aromatic rings. The number of aryl methyl sites for hydroxylation is 1. The summed E-state index contributed by atoms with van der Waals surface area (Å²) in [5.41, 5.74) is 4.35. The minimum Gasteiger partial charge on any atom is -0.480 e. The van der Waals surface area contributed by atoms with Crippen molar-refractivity contribution in [2.24, 2.45) is 0 Å². The number of nitrogens with zero attached hydrogens (tertiary/aromatic N) is 3. The maximum Gasteiger partial charge on any atom is 0.339 e. The fourth-order valence-electron chi connectivity index (χ4n) is 5.05. The Labute approximate surface area is 224 Å². The van der Waals surface area contributed by atoms with Crippen LogP contribution in [0.2, 0.25) is 0 Å². The number of hydrogen-bond donors (Lipinski definition) is 1.